The molecule has 0 radical (unpaired) electrons. The standard InChI is InChI=1S/C25H35N5O8.CH5N/c1-17(31)4-6-33-8-10-35-12-13-36-11-9-34-7-5-23(32)28-22-15-20(24(27)37-18(2)26)14-21(16-22)25-30-29-19(3)38-25;1-2/h14-16,26-27H,4-13H2,1-3H3,(H,28,32);2H2,1H3. The molecule has 14 nitrogen and oxygen atoms in total. The maximum atomic E-state index is 12.4. The molecule has 5 N–H and O–H groups in total. The number of amides is 1. The zero-order valence-electron chi connectivity index (χ0n) is 23.5. The van der Waals surface area contributed by atoms with Crippen LogP contribution in [0.25, 0.3) is 11.5 Å². The Morgan fingerprint density at radius 2 is 1.40 bits per heavy atom. The van der Waals surface area contributed by atoms with Crippen LogP contribution in [0.3, 0.4) is 0 Å². The fourth-order valence-electron chi connectivity index (χ4n) is 2.95. The van der Waals surface area contributed by atoms with Crippen molar-refractivity contribution in [3.63, 3.8) is 0 Å². The number of carbonyl (C=O) groups excluding carboxylic acids is 2. The van der Waals surface area contributed by atoms with Gasteiger partial charge in [-0.1, -0.05) is 0 Å². The second kappa shape index (κ2) is 20.4. The monoisotopic (exact) mass is 564 g/mol. The number of ether oxygens (including phenoxy) is 5. The lowest BCUT2D eigenvalue weighted by atomic mass is 10.1. The van der Waals surface area contributed by atoms with Crippen LogP contribution in [0.5, 0.6) is 0 Å². The molecule has 2 rings (SSSR count). The van der Waals surface area contributed by atoms with Gasteiger partial charge in [-0.25, -0.2) is 0 Å². The maximum absolute atomic E-state index is 12.4. The highest BCUT2D eigenvalue weighted by atomic mass is 16.6. The summed E-state index contributed by atoms with van der Waals surface area (Å²) >= 11 is 0. The molecule has 14 heteroatoms. The Morgan fingerprint density at radius 3 is 1.90 bits per heavy atom. The zero-order chi connectivity index (χ0) is 29.8. The minimum Gasteiger partial charge on any atom is -0.426 e. The van der Waals surface area contributed by atoms with Gasteiger partial charge in [0.1, 0.15) is 5.78 Å². The molecule has 0 aliphatic carbocycles. The van der Waals surface area contributed by atoms with E-state index < -0.39 is 0 Å². The lowest BCUT2D eigenvalue weighted by Crippen LogP contribution is -2.17. The topological polar surface area (TPSA) is 205 Å². The first-order valence-corrected chi connectivity index (χ1v) is 12.7. The van der Waals surface area contributed by atoms with Crippen molar-refractivity contribution in [1.29, 1.82) is 10.8 Å². The number of carbonyl (C=O) groups is 2. The number of anilines is 1. The molecular formula is C26H40N6O8. The van der Waals surface area contributed by atoms with Crippen LogP contribution in [0.1, 0.15) is 38.1 Å². The van der Waals surface area contributed by atoms with Crippen LogP contribution < -0.4 is 11.1 Å². The lowest BCUT2D eigenvalue weighted by molar-refractivity contribution is -0.118. The molecule has 40 heavy (non-hydrogen) atoms. The molecule has 0 saturated carbocycles. The Labute approximate surface area is 233 Å². The van der Waals surface area contributed by atoms with Crippen LogP contribution in [-0.4, -0.2) is 93.6 Å². The van der Waals surface area contributed by atoms with Crippen molar-refractivity contribution in [2.45, 2.75) is 33.6 Å². The number of hydrogen-bond donors (Lipinski definition) is 4. The van der Waals surface area contributed by atoms with Crippen LogP contribution in [-0.2, 0) is 33.3 Å². The fourth-order valence-corrected chi connectivity index (χ4v) is 2.95. The lowest BCUT2D eigenvalue weighted by Gasteiger charge is -2.11. The summed E-state index contributed by atoms with van der Waals surface area (Å²) in [6.07, 6.45) is 0.520. The first kappa shape index (κ1) is 34.5. The predicted molar refractivity (Wildman–Crippen MR) is 148 cm³/mol. The first-order valence-electron chi connectivity index (χ1n) is 12.7. The molecule has 0 unspecified atom stereocenters. The molecule has 1 aromatic carbocycles. The number of Topliss-reactive ketones (excluding diaryl/α,β-unsaturated/α-hetero) is 1. The van der Waals surface area contributed by atoms with Crippen LogP contribution in [0, 0.1) is 17.7 Å². The normalized spacial score (nSPS) is 10.4. The van der Waals surface area contributed by atoms with Gasteiger partial charge in [0.05, 0.1) is 59.3 Å². The highest BCUT2D eigenvalue weighted by molar-refractivity contribution is 6.01. The number of benzene rings is 1. The van der Waals surface area contributed by atoms with E-state index in [0.717, 1.165) is 0 Å². The van der Waals surface area contributed by atoms with E-state index >= 15 is 0 Å². The van der Waals surface area contributed by atoms with Crippen molar-refractivity contribution in [3.8, 4) is 11.5 Å². The van der Waals surface area contributed by atoms with E-state index in [1.165, 1.54) is 20.9 Å². The Bertz CT molecular complexity index is 1080. The number of nitrogens with zero attached hydrogens (tertiary/aromatic N) is 2. The molecule has 0 aliphatic rings. The zero-order valence-corrected chi connectivity index (χ0v) is 23.5. The number of nitrogens with two attached hydrogens (primary N) is 1. The van der Waals surface area contributed by atoms with E-state index in [0.29, 0.717) is 75.4 Å². The van der Waals surface area contributed by atoms with Crippen molar-refractivity contribution in [3.05, 3.63) is 29.7 Å². The van der Waals surface area contributed by atoms with Gasteiger partial charge < -0.3 is 39.2 Å². The van der Waals surface area contributed by atoms with Crippen molar-refractivity contribution >= 4 is 29.2 Å². The number of nitrogens with one attached hydrogen (secondary N) is 3. The van der Waals surface area contributed by atoms with Gasteiger partial charge in [-0.2, -0.15) is 0 Å². The quantitative estimate of drug-likeness (QED) is 0.117. The van der Waals surface area contributed by atoms with Gasteiger partial charge in [0.2, 0.25) is 23.6 Å². The van der Waals surface area contributed by atoms with Crippen molar-refractivity contribution in [2.24, 2.45) is 5.73 Å². The summed E-state index contributed by atoms with van der Waals surface area (Å²) in [5.74, 6) is 0.0224. The Kier molecular flexibility index (Phi) is 17.5. The van der Waals surface area contributed by atoms with Gasteiger partial charge in [-0.3, -0.25) is 20.4 Å². The van der Waals surface area contributed by atoms with E-state index in [1.807, 2.05) is 0 Å². The molecule has 0 fully saturated rings. The number of aryl methyl sites for hydroxylation is 1. The average Bonchev–Trinajstić information content (AvgIpc) is 3.35. The third kappa shape index (κ3) is 15.1. The average molecular weight is 565 g/mol. The first-order chi connectivity index (χ1) is 19.2. The summed E-state index contributed by atoms with van der Waals surface area (Å²) < 4.78 is 32.0. The van der Waals surface area contributed by atoms with Gasteiger partial charge in [0.25, 0.3) is 0 Å². The molecule has 1 heterocycles. The van der Waals surface area contributed by atoms with E-state index in [9.17, 15) is 9.59 Å². The molecule has 0 spiro atoms. The van der Waals surface area contributed by atoms with Crippen LogP contribution in [0.4, 0.5) is 5.69 Å². The smallest absolute Gasteiger partial charge is 0.247 e. The second-order valence-corrected chi connectivity index (χ2v) is 8.11. The van der Waals surface area contributed by atoms with Gasteiger partial charge in [0.15, 0.2) is 5.90 Å². The summed E-state index contributed by atoms with van der Waals surface area (Å²) in [5, 5.41) is 26.1. The third-order valence-electron chi connectivity index (χ3n) is 4.70. The van der Waals surface area contributed by atoms with Crippen molar-refractivity contribution < 1.29 is 37.7 Å². The Balaban J connectivity index is 0.00000391. The Hall–Kier alpha value is -3.56. The molecule has 0 bridgehead atoms. The largest absolute Gasteiger partial charge is 0.426 e. The number of rotatable bonds is 18. The highest BCUT2D eigenvalue weighted by Gasteiger charge is 2.14. The molecule has 1 aromatic heterocycles. The molecular weight excluding hydrogens is 524 g/mol. The fraction of sp³-hybridized carbons (Fsp3) is 0.538. The minimum absolute atomic E-state index is 0.0985. The van der Waals surface area contributed by atoms with E-state index in [1.54, 1.807) is 25.1 Å². The summed E-state index contributed by atoms with van der Waals surface area (Å²) in [7, 11) is 1.50. The molecule has 2 aromatic rings. The molecule has 222 valence electrons. The van der Waals surface area contributed by atoms with E-state index in [-0.39, 0.29) is 42.4 Å². The Morgan fingerprint density at radius 1 is 0.850 bits per heavy atom. The van der Waals surface area contributed by atoms with Crippen molar-refractivity contribution in [2.75, 3.05) is 65.2 Å². The summed E-state index contributed by atoms with van der Waals surface area (Å²) in [5.41, 5.74) is 5.73. The second-order valence-electron chi connectivity index (χ2n) is 8.11. The van der Waals surface area contributed by atoms with E-state index in [2.05, 4.69) is 21.2 Å². The summed E-state index contributed by atoms with van der Waals surface area (Å²) in [6, 6.07) is 4.81. The maximum Gasteiger partial charge on any atom is 0.247 e. The van der Waals surface area contributed by atoms with Crippen LogP contribution in [0.2, 0.25) is 0 Å². The summed E-state index contributed by atoms with van der Waals surface area (Å²) in [4.78, 5) is 23.2. The van der Waals surface area contributed by atoms with E-state index in [4.69, 9.17) is 38.9 Å². The van der Waals surface area contributed by atoms with Crippen LogP contribution >= 0.6 is 0 Å². The minimum atomic E-state index is -0.287. The number of aromatic nitrogens is 2. The van der Waals surface area contributed by atoms with Gasteiger partial charge in [-0.15, -0.1) is 10.2 Å². The third-order valence-corrected chi connectivity index (χ3v) is 4.70. The van der Waals surface area contributed by atoms with Gasteiger partial charge >= 0.3 is 0 Å². The SMILES string of the molecule is CC(=N)OC(=N)c1cc(NC(=O)CCOCCOCCOCCOCCC(C)=O)cc(-c2nnc(C)o2)c1.CN. The predicted octanol–water partition coefficient (Wildman–Crippen LogP) is 2.33. The van der Waals surface area contributed by atoms with Gasteiger partial charge in [0, 0.05) is 37.1 Å². The molecule has 0 aliphatic heterocycles. The van der Waals surface area contributed by atoms with Gasteiger partial charge in [-0.05, 0) is 32.2 Å². The van der Waals surface area contributed by atoms with Crippen molar-refractivity contribution in [1.82, 2.24) is 10.2 Å². The van der Waals surface area contributed by atoms with Crippen LogP contribution in [0.15, 0.2) is 22.6 Å². The molecule has 0 saturated heterocycles. The number of hydrogen-bond acceptors (Lipinski definition) is 13. The highest BCUT2D eigenvalue weighted by Crippen LogP contribution is 2.25. The number of ketones is 1. The summed E-state index contributed by atoms with van der Waals surface area (Å²) in [6.45, 7) is 7.59. The molecule has 0 atom stereocenters. The molecule has 1 amide bonds.